The molecule has 1 fully saturated rings. The molecular formula is C21H24O12. The van der Waals surface area contributed by atoms with Crippen molar-refractivity contribution >= 4 is 29.8 Å². The molecule has 0 aliphatic carbocycles. The predicted octanol–water partition coefficient (Wildman–Crippen LogP) is 0.545. The van der Waals surface area contributed by atoms with Crippen LogP contribution in [-0.4, -0.2) is 74.8 Å². The minimum atomic E-state index is -1.57. The van der Waals surface area contributed by atoms with E-state index in [0.29, 0.717) is 0 Å². The molecule has 0 saturated carbocycles. The van der Waals surface area contributed by atoms with E-state index in [0.717, 1.165) is 27.9 Å². The highest BCUT2D eigenvalue weighted by atomic mass is 16.7. The summed E-state index contributed by atoms with van der Waals surface area (Å²) >= 11 is 0. The van der Waals surface area contributed by atoms with Crippen molar-refractivity contribution in [3.8, 4) is 5.75 Å². The molecule has 5 atom stereocenters. The number of carbonyl (C=O) groups excluding carboxylic acids is 5. The molecule has 2 rings (SSSR count). The summed E-state index contributed by atoms with van der Waals surface area (Å²) in [5.74, 6) is -3.77. The lowest BCUT2D eigenvalue weighted by Crippen LogP contribution is -2.64. The summed E-state index contributed by atoms with van der Waals surface area (Å²) in [5, 5.41) is 0. The Hall–Kier alpha value is -3.67. The summed E-state index contributed by atoms with van der Waals surface area (Å²) in [7, 11) is 2.31. The van der Waals surface area contributed by atoms with Crippen molar-refractivity contribution in [2.75, 3.05) is 14.2 Å². The third-order valence-electron chi connectivity index (χ3n) is 4.36. The molecule has 180 valence electrons. The van der Waals surface area contributed by atoms with Crippen LogP contribution in [0.4, 0.5) is 0 Å². The largest absolute Gasteiger partial charge is 0.467 e. The molecule has 1 aromatic rings. The topological polar surface area (TPSA) is 150 Å². The van der Waals surface area contributed by atoms with Crippen molar-refractivity contribution < 1.29 is 57.1 Å². The van der Waals surface area contributed by atoms with E-state index in [2.05, 4.69) is 4.74 Å². The van der Waals surface area contributed by atoms with Crippen LogP contribution in [0.5, 0.6) is 5.75 Å². The molecule has 1 aromatic carbocycles. The van der Waals surface area contributed by atoms with Crippen LogP contribution in [0.2, 0.25) is 0 Å². The lowest BCUT2D eigenvalue weighted by atomic mass is 9.97. The molecule has 0 spiro atoms. The van der Waals surface area contributed by atoms with Gasteiger partial charge in [0.25, 0.3) is 0 Å². The maximum atomic E-state index is 12.4. The van der Waals surface area contributed by atoms with Crippen LogP contribution in [0.15, 0.2) is 24.3 Å². The second-order valence-electron chi connectivity index (χ2n) is 6.80. The Morgan fingerprint density at radius 2 is 1.24 bits per heavy atom. The van der Waals surface area contributed by atoms with Gasteiger partial charge < -0.3 is 33.2 Å². The monoisotopic (exact) mass is 468 g/mol. The van der Waals surface area contributed by atoms with Crippen LogP contribution < -0.4 is 4.74 Å². The summed E-state index contributed by atoms with van der Waals surface area (Å²) in [6.45, 7) is 3.26. The number of methoxy groups -OCH3 is 2. The van der Waals surface area contributed by atoms with Gasteiger partial charge in [0.15, 0.2) is 18.3 Å². The summed E-state index contributed by atoms with van der Waals surface area (Å²) in [6, 6.07) is 5.64. The molecule has 0 radical (unpaired) electrons. The smallest absolute Gasteiger partial charge is 0.339 e. The number of esters is 5. The van der Waals surface area contributed by atoms with E-state index in [-0.39, 0.29) is 11.3 Å². The van der Waals surface area contributed by atoms with Crippen LogP contribution in [0, 0.1) is 0 Å². The van der Waals surface area contributed by atoms with Gasteiger partial charge in [-0.05, 0) is 24.3 Å². The van der Waals surface area contributed by atoms with E-state index < -0.39 is 60.6 Å². The van der Waals surface area contributed by atoms with E-state index in [1.165, 1.54) is 31.4 Å². The standard InChI is InChI=1S/C21H24O12/c1-10(22)29-15-16(30-11(2)23)18(31-12(3)24)21(33-17(15)20(26)28-5)32-14-8-6-13(7-9-14)19(25)27-4/h6-9,15-18,21H,1-5H3. The molecule has 0 N–H and O–H groups in total. The Balaban J connectivity index is 2.45. The Morgan fingerprint density at radius 1 is 0.727 bits per heavy atom. The number of hydrogen-bond donors (Lipinski definition) is 0. The Labute approximate surface area is 189 Å². The van der Waals surface area contributed by atoms with Gasteiger partial charge in [-0.25, -0.2) is 9.59 Å². The number of rotatable bonds is 7. The highest BCUT2D eigenvalue weighted by Gasteiger charge is 2.55. The van der Waals surface area contributed by atoms with Crippen LogP contribution >= 0.6 is 0 Å². The molecule has 0 amide bonds. The summed E-state index contributed by atoms with van der Waals surface area (Å²) in [5.41, 5.74) is 0.242. The van der Waals surface area contributed by atoms with Crippen molar-refractivity contribution in [1.82, 2.24) is 0 Å². The second kappa shape index (κ2) is 11.3. The zero-order chi connectivity index (χ0) is 24.7. The highest BCUT2D eigenvalue weighted by Crippen LogP contribution is 2.31. The van der Waals surface area contributed by atoms with Crippen LogP contribution in [-0.2, 0) is 47.6 Å². The molecule has 1 aliphatic heterocycles. The third-order valence-corrected chi connectivity index (χ3v) is 4.36. The van der Waals surface area contributed by atoms with E-state index in [1.54, 1.807) is 0 Å². The van der Waals surface area contributed by atoms with Gasteiger partial charge in [-0.1, -0.05) is 0 Å². The highest BCUT2D eigenvalue weighted by molar-refractivity contribution is 5.89. The minimum Gasteiger partial charge on any atom is -0.467 e. The lowest BCUT2D eigenvalue weighted by Gasteiger charge is -2.43. The Morgan fingerprint density at radius 3 is 1.73 bits per heavy atom. The van der Waals surface area contributed by atoms with Gasteiger partial charge in [0.1, 0.15) is 5.75 Å². The first-order chi connectivity index (χ1) is 15.6. The van der Waals surface area contributed by atoms with Gasteiger partial charge >= 0.3 is 29.8 Å². The van der Waals surface area contributed by atoms with E-state index in [9.17, 15) is 24.0 Å². The maximum Gasteiger partial charge on any atom is 0.339 e. The number of benzene rings is 1. The molecule has 5 unspecified atom stereocenters. The predicted molar refractivity (Wildman–Crippen MR) is 106 cm³/mol. The Bertz CT molecular complexity index is 893. The zero-order valence-corrected chi connectivity index (χ0v) is 18.6. The van der Waals surface area contributed by atoms with Crippen molar-refractivity contribution in [3.05, 3.63) is 29.8 Å². The molecule has 1 saturated heterocycles. The lowest BCUT2D eigenvalue weighted by molar-refractivity contribution is -0.282. The van der Waals surface area contributed by atoms with E-state index in [1.807, 2.05) is 0 Å². The van der Waals surface area contributed by atoms with Gasteiger partial charge in [0, 0.05) is 20.8 Å². The fourth-order valence-electron chi connectivity index (χ4n) is 3.10. The molecule has 0 bridgehead atoms. The third kappa shape index (κ3) is 6.65. The summed E-state index contributed by atoms with van der Waals surface area (Å²) in [4.78, 5) is 59.2. The van der Waals surface area contributed by atoms with Crippen molar-refractivity contribution in [2.45, 2.75) is 51.5 Å². The van der Waals surface area contributed by atoms with E-state index in [4.69, 9.17) is 28.4 Å². The first-order valence-corrected chi connectivity index (χ1v) is 9.67. The Kier molecular flexibility index (Phi) is 8.74. The van der Waals surface area contributed by atoms with Crippen molar-refractivity contribution in [1.29, 1.82) is 0 Å². The summed E-state index contributed by atoms with van der Waals surface area (Å²) < 4.78 is 36.4. The van der Waals surface area contributed by atoms with Gasteiger partial charge in [-0.15, -0.1) is 0 Å². The number of hydrogen-bond acceptors (Lipinski definition) is 12. The molecule has 12 heteroatoms. The molecule has 1 heterocycles. The SMILES string of the molecule is COC(=O)c1ccc(OC2OC(C(=O)OC)C(OC(C)=O)C(OC(C)=O)C2OC(C)=O)cc1. The first-order valence-electron chi connectivity index (χ1n) is 9.67. The minimum absolute atomic E-state index is 0.154. The van der Waals surface area contributed by atoms with Crippen molar-refractivity contribution in [3.63, 3.8) is 0 Å². The van der Waals surface area contributed by atoms with Gasteiger partial charge in [-0.2, -0.15) is 0 Å². The first kappa shape index (κ1) is 25.6. The van der Waals surface area contributed by atoms with Crippen LogP contribution in [0.3, 0.4) is 0 Å². The van der Waals surface area contributed by atoms with Crippen LogP contribution in [0.1, 0.15) is 31.1 Å². The fourth-order valence-corrected chi connectivity index (χ4v) is 3.10. The maximum absolute atomic E-state index is 12.4. The zero-order valence-electron chi connectivity index (χ0n) is 18.6. The van der Waals surface area contributed by atoms with Gasteiger partial charge in [0.05, 0.1) is 19.8 Å². The quantitative estimate of drug-likeness (QED) is 0.406. The van der Waals surface area contributed by atoms with Crippen LogP contribution in [0.25, 0.3) is 0 Å². The molecule has 1 aliphatic rings. The average molecular weight is 468 g/mol. The average Bonchev–Trinajstić information content (AvgIpc) is 2.76. The summed E-state index contributed by atoms with van der Waals surface area (Å²) in [6.07, 6.45) is -7.46. The molecule has 0 aromatic heterocycles. The second-order valence-corrected chi connectivity index (χ2v) is 6.80. The van der Waals surface area contributed by atoms with Gasteiger partial charge in [0.2, 0.25) is 12.4 Å². The number of ether oxygens (including phenoxy) is 7. The normalized spacial score (nSPS) is 24.1. The number of carbonyl (C=O) groups is 5. The molecule has 33 heavy (non-hydrogen) atoms. The molecular weight excluding hydrogens is 444 g/mol. The van der Waals surface area contributed by atoms with E-state index >= 15 is 0 Å². The fraction of sp³-hybridized carbons (Fsp3) is 0.476. The van der Waals surface area contributed by atoms with Crippen molar-refractivity contribution in [2.24, 2.45) is 0 Å². The van der Waals surface area contributed by atoms with Gasteiger partial charge in [-0.3, -0.25) is 14.4 Å². The molecule has 12 nitrogen and oxygen atoms in total.